The van der Waals surface area contributed by atoms with Gasteiger partial charge in [-0.15, -0.1) is 0 Å². The Morgan fingerprint density at radius 2 is 1.18 bits per heavy atom. The first kappa shape index (κ1) is 20.7. The summed E-state index contributed by atoms with van der Waals surface area (Å²) in [6.07, 6.45) is -0.0792. The third-order valence-corrected chi connectivity index (χ3v) is 7.37. The molecule has 7 rings (SSSR count). The number of amides is 2. The van der Waals surface area contributed by atoms with Gasteiger partial charge in [0.1, 0.15) is 0 Å². The van der Waals surface area contributed by atoms with Gasteiger partial charge in [-0.25, -0.2) is 0 Å². The molecule has 1 fully saturated rings. The minimum Gasteiger partial charge on any atom is -0.493 e. The standard InChI is InChI=1S/C28H23NO5/c1-33-20-12-6-7-13-21(20)34-22(30)14-15-29-27(31)25-23-16-8-2-3-9-17(16)24(26(25)28(29)32)19-11-5-4-10-18(19)23/h2-13,23-26H,14-15H2,1H3/t23?,24?,25-,26-/m0/s1. The quantitative estimate of drug-likeness (QED) is 0.333. The van der Waals surface area contributed by atoms with Crippen molar-refractivity contribution in [1.82, 2.24) is 4.90 Å². The second-order valence-electron chi connectivity index (χ2n) is 8.97. The minimum atomic E-state index is -0.519. The number of likely N-dealkylation sites (tertiary alicyclic amines) is 1. The molecule has 0 N–H and O–H groups in total. The Morgan fingerprint density at radius 3 is 1.65 bits per heavy atom. The van der Waals surface area contributed by atoms with E-state index in [4.69, 9.17) is 9.47 Å². The number of carbonyl (C=O) groups is 3. The molecule has 4 aliphatic rings. The number of esters is 1. The molecule has 1 heterocycles. The van der Waals surface area contributed by atoms with E-state index in [9.17, 15) is 14.4 Å². The molecule has 1 saturated heterocycles. The summed E-state index contributed by atoms with van der Waals surface area (Å²) in [5.74, 6) is -1.32. The maximum atomic E-state index is 13.6. The highest BCUT2D eigenvalue weighted by Gasteiger charge is 2.61. The minimum absolute atomic E-state index is 0.00474. The fraction of sp³-hybridized carbons (Fsp3) is 0.250. The Bertz CT molecular complexity index is 1220. The second kappa shape index (κ2) is 7.83. The number of nitrogens with zero attached hydrogens (tertiary/aromatic N) is 1. The van der Waals surface area contributed by atoms with Crippen molar-refractivity contribution in [2.24, 2.45) is 11.8 Å². The molecule has 3 aliphatic carbocycles. The molecule has 0 aromatic heterocycles. The summed E-state index contributed by atoms with van der Waals surface area (Å²) in [6.45, 7) is 0.00474. The number of para-hydroxylation sites is 2. The Kier molecular flexibility index (Phi) is 4.76. The van der Waals surface area contributed by atoms with Crippen molar-refractivity contribution in [3.05, 3.63) is 95.1 Å². The molecule has 2 bridgehead atoms. The first-order chi connectivity index (χ1) is 16.6. The summed E-state index contributed by atoms with van der Waals surface area (Å²) < 4.78 is 10.6. The van der Waals surface area contributed by atoms with E-state index in [1.165, 1.54) is 12.0 Å². The third-order valence-electron chi connectivity index (χ3n) is 7.37. The molecule has 6 heteroatoms. The van der Waals surface area contributed by atoms with E-state index in [0.29, 0.717) is 11.5 Å². The highest BCUT2D eigenvalue weighted by molar-refractivity contribution is 6.07. The summed E-state index contributed by atoms with van der Waals surface area (Å²) in [6, 6.07) is 23.1. The lowest BCUT2D eigenvalue weighted by molar-refractivity contribution is -0.141. The molecule has 34 heavy (non-hydrogen) atoms. The molecular weight excluding hydrogens is 430 g/mol. The molecular formula is C28H23NO5. The van der Waals surface area contributed by atoms with Crippen molar-refractivity contribution in [3.8, 4) is 11.5 Å². The van der Waals surface area contributed by atoms with Gasteiger partial charge < -0.3 is 9.47 Å². The summed E-state index contributed by atoms with van der Waals surface area (Å²) in [5, 5.41) is 0. The second-order valence-corrected chi connectivity index (χ2v) is 8.97. The van der Waals surface area contributed by atoms with Gasteiger partial charge in [0.05, 0.1) is 25.4 Å². The molecule has 6 nitrogen and oxygen atoms in total. The van der Waals surface area contributed by atoms with Gasteiger partial charge in [0.2, 0.25) is 11.8 Å². The molecule has 2 atom stereocenters. The number of hydrogen-bond acceptors (Lipinski definition) is 5. The van der Waals surface area contributed by atoms with Crippen LogP contribution in [0.5, 0.6) is 11.5 Å². The van der Waals surface area contributed by atoms with E-state index >= 15 is 0 Å². The number of benzene rings is 3. The van der Waals surface area contributed by atoms with Crippen LogP contribution in [0.3, 0.4) is 0 Å². The van der Waals surface area contributed by atoms with Crippen LogP contribution >= 0.6 is 0 Å². The largest absolute Gasteiger partial charge is 0.493 e. The number of hydrogen-bond donors (Lipinski definition) is 0. The molecule has 0 radical (unpaired) electrons. The number of methoxy groups -OCH3 is 1. The van der Waals surface area contributed by atoms with E-state index in [-0.39, 0.29) is 36.6 Å². The highest BCUT2D eigenvalue weighted by atomic mass is 16.6. The van der Waals surface area contributed by atoms with Crippen LogP contribution in [0.1, 0.15) is 40.5 Å². The van der Waals surface area contributed by atoms with Gasteiger partial charge in [0.15, 0.2) is 11.5 Å². The van der Waals surface area contributed by atoms with Crippen LogP contribution in [0.25, 0.3) is 0 Å². The zero-order chi connectivity index (χ0) is 23.4. The van der Waals surface area contributed by atoms with E-state index in [0.717, 1.165) is 22.3 Å². The van der Waals surface area contributed by atoms with Crippen LogP contribution in [-0.2, 0) is 14.4 Å². The fourth-order valence-electron chi connectivity index (χ4n) is 6.04. The van der Waals surface area contributed by atoms with E-state index in [1.54, 1.807) is 24.3 Å². The first-order valence-corrected chi connectivity index (χ1v) is 11.5. The lowest BCUT2D eigenvalue weighted by Crippen LogP contribution is -2.41. The Morgan fingerprint density at radius 1 is 0.735 bits per heavy atom. The van der Waals surface area contributed by atoms with Gasteiger partial charge in [-0.1, -0.05) is 60.7 Å². The summed E-state index contributed by atoms with van der Waals surface area (Å²) in [4.78, 5) is 40.9. The van der Waals surface area contributed by atoms with Crippen molar-refractivity contribution in [2.45, 2.75) is 18.3 Å². The smallest absolute Gasteiger partial charge is 0.313 e. The van der Waals surface area contributed by atoms with Crippen molar-refractivity contribution >= 4 is 17.8 Å². The lowest BCUT2D eigenvalue weighted by Gasteiger charge is -2.45. The summed E-state index contributed by atoms with van der Waals surface area (Å²) >= 11 is 0. The average Bonchev–Trinajstić information content (AvgIpc) is 3.13. The predicted molar refractivity (Wildman–Crippen MR) is 124 cm³/mol. The van der Waals surface area contributed by atoms with Gasteiger partial charge in [0, 0.05) is 18.4 Å². The highest BCUT2D eigenvalue weighted by Crippen LogP contribution is 2.60. The number of imide groups is 1. The van der Waals surface area contributed by atoms with Crippen molar-refractivity contribution in [3.63, 3.8) is 0 Å². The lowest BCUT2D eigenvalue weighted by atomic mass is 9.55. The van der Waals surface area contributed by atoms with Crippen LogP contribution in [0.15, 0.2) is 72.8 Å². The van der Waals surface area contributed by atoms with E-state index < -0.39 is 17.8 Å². The monoisotopic (exact) mass is 453 g/mol. The molecule has 0 spiro atoms. The Hall–Kier alpha value is -3.93. The Balaban J connectivity index is 1.27. The average molecular weight is 453 g/mol. The maximum Gasteiger partial charge on any atom is 0.313 e. The maximum absolute atomic E-state index is 13.6. The Labute approximate surface area is 197 Å². The molecule has 3 aromatic rings. The third kappa shape index (κ3) is 2.91. The molecule has 170 valence electrons. The number of carbonyl (C=O) groups excluding carboxylic acids is 3. The van der Waals surface area contributed by atoms with E-state index in [2.05, 4.69) is 24.3 Å². The van der Waals surface area contributed by atoms with E-state index in [1.807, 2.05) is 24.3 Å². The molecule has 2 amide bonds. The van der Waals surface area contributed by atoms with Crippen LogP contribution in [-0.4, -0.2) is 36.3 Å². The van der Waals surface area contributed by atoms with Crippen molar-refractivity contribution < 1.29 is 23.9 Å². The SMILES string of the molecule is COc1ccccc1OC(=O)CCN1C(=O)[C@H]2C3c4ccccc4C(c4ccccc43)[C@@H]2C1=O. The fourth-order valence-corrected chi connectivity index (χ4v) is 6.04. The van der Waals surface area contributed by atoms with Crippen LogP contribution < -0.4 is 9.47 Å². The number of ether oxygens (including phenoxy) is 2. The van der Waals surface area contributed by atoms with Gasteiger partial charge >= 0.3 is 5.97 Å². The van der Waals surface area contributed by atoms with Crippen LogP contribution in [0, 0.1) is 11.8 Å². The van der Waals surface area contributed by atoms with Crippen molar-refractivity contribution in [1.29, 1.82) is 0 Å². The van der Waals surface area contributed by atoms with Crippen molar-refractivity contribution in [2.75, 3.05) is 13.7 Å². The van der Waals surface area contributed by atoms with Gasteiger partial charge in [-0.3, -0.25) is 19.3 Å². The molecule has 1 aliphatic heterocycles. The zero-order valence-corrected chi connectivity index (χ0v) is 18.6. The van der Waals surface area contributed by atoms with Crippen LogP contribution in [0.4, 0.5) is 0 Å². The first-order valence-electron chi connectivity index (χ1n) is 11.5. The molecule has 3 aromatic carbocycles. The number of rotatable bonds is 5. The van der Waals surface area contributed by atoms with Gasteiger partial charge in [-0.2, -0.15) is 0 Å². The molecule has 0 unspecified atom stereocenters. The van der Waals surface area contributed by atoms with Gasteiger partial charge in [0.25, 0.3) is 0 Å². The summed E-state index contributed by atoms with van der Waals surface area (Å²) in [7, 11) is 1.50. The van der Waals surface area contributed by atoms with Gasteiger partial charge in [-0.05, 0) is 34.4 Å². The normalized spacial score (nSPS) is 23.9. The van der Waals surface area contributed by atoms with Crippen LogP contribution in [0.2, 0.25) is 0 Å². The predicted octanol–water partition coefficient (Wildman–Crippen LogP) is 3.88. The topological polar surface area (TPSA) is 72.9 Å². The summed E-state index contributed by atoms with van der Waals surface area (Å²) in [5.41, 5.74) is 4.52. The molecule has 0 saturated carbocycles. The zero-order valence-electron chi connectivity index (χ0n) is 18.6.